The fourth-order valence-corrected chi connectivity index (χ4v) is 8.37. The molecule has 14 nitrogen and oxygen atoms in total. The summed E-state index contributed by atoms with van der Waals surface area (Å²) in [5, 5.41) is 15.4. The molecule has 1 unspecified atom stereocenters. The zero-order chi connectivity index (χ0) is 35.2. The molecule has 4 heterocycles. The molecule has 3 aromatic rings. The summed E-state index contributed by atoms with van der Waals surface area (Å²) in [7, 11) is -3.86. The normalized spacial score (nSPS) is 27.1. The van der Waals surface area contributed by atoms with Gasteiger partial charge in [-0.2, -0.15) is 0 Å². The van der Waals surface area contributed by atoms with Crippen LogP contribution in [0.2, 0.25) is 0 Å². The number of ether oxygens (including phenoxy) is 1. The fourth-order valence-electron chi connectivity index (χ4n) is 7.01. The summed E-state index contributed by atoms with van der Waals surface area (Å²) < 4.78 is 39.9. The van der Waals surface area contributed by atoms with E-state index in [0.29, 0.717) is 31.0 Å². The highest BCUT2D eigenvalue weighted by molar-refractivity contribution is 7.91. The van der Waals surface area contributed by atoms with Crippen molar-refractivity contribution < 1.29 is 32.0 Å². The second-order valence-corrected chi connectivity index (χ2v) is 16.2. The average molecular weight is 706 g/mol. The van der Waals surface area contributed by atoms with Gasteiger partial charge < -0.3 is 24.7 Å². The van der Waals surface area contributed by atoms with Crippen LogP contribution in [0.4, 0.5) is 6.01 Å². The van der Waals surface area contributed by atoms with Gasteiger partial charge in [-0.1, -0.05) is 43.6 Å². The molecule has 0 spiro atoms. The van der Waals surface area contributed by atoms with Gasteiger partial charge in [0.1, 0.15) is 23.7 Å². The molecule has 266 valence electrons. The second kappa shape index (κ2) is 13.3. The van der Waals surface area contributed by atoms with E-state index in [4.69, 9.17) is 9.15 Å². The molecule has 7 rings (SSSR count). The van der Waals surface area contributed by atoms with Gasteiger partial charge in [-0.3, -0.25) is 19.1 Å². The first kappa shape index (κ1) is 33.9. The molecule has 3 amide bonds. The lowest BCUT2D eigenvalue weighted by molar-refractivity contribution is -0.140. The number of anilines is 1. The number of amides is 3. The van der Waals surface area contributed by atoms with Gasteiger partial charge in [0.15, 0.2) is 0 Å². The van der Waals surface area contributed by atoms with Crippen molar-refractivity contribution in [3.8, 4) is 5.88 Å². The topological polar surface area (TPSA) is 186 Å². The van der Waals surface area contributed by atoms with Gasteiger partial charge in [-0.05, 0) is 67.5 Å². The van der Waals surface area contributed by atoms with E-state index >= 15 is 0 Å². The number of carbonyl (C=O) groups is 3. The largest absolute Gasteiger partial charge is 0.472 e. The monoisotopic (exact) mass is 705 g/mol. The number of sulfonamides is 1. The Morgan fingerprint density at radius 2 is 1.94 bits per heavy atom. The molecule has 3 N–H and O–H groups in total. The van der Waals surface area contributed by atoms with Crippen LogP contribution in [-0.4, -0.2) is 81.7 Å². The van der Waals surface area contributed by atoms with Gasteiger partial charge in [0.05, 0.1) is 11.8 Å². The first-order valence-corrected chi connectivity index (χ1v) is 19.0. The molecule has 2 saturated carbocycles. The van der Waals surface area contributed by atoms with Crippen LogP contribution in [0.25, 0.3) is 10.8 Å². The number of hydrogen-bond donors (Lipinski definition) is 3. The van der Waals surface area contributed by atoms with Gasteiger partial charge in [0.25, 0.3) is 5.91 Å². The van der Waals surface area contributed by atoms with Crippen molar-refractivity contribution in [3.05, 3.63) is 54.6 Å². The number of pyridine rings is 1. The number of benzene rings is 1. The van der Waals surface area contributed by atoms with Gasteiger partial charge in [-0.15, -0.1) is 11.7 Å². The molecule has 2 aromatic heterocycles. The third kappa shape index (κ3) is 6.79. The molecule has 6 bridgehead atoms. The Hall–Kier alpha value is -4.53. The summed E-state index contributed by atoms with van der Waals surface area (Å²) in [5.41, 5.74) is -0.352. The number of nitrogens with zero attached hydrogens (tertiary/aromatic N) is 4. The van der Waals surface area contributed by atoms with Gasteiger partial charge in [-0.25, -0.2) is 13.4 Å². The van der Waals surface area contributed by atoms with Crippen LogP contribution in [0, 0.1) is 11.8 Å². The van der Waals surface area contributed by atoms with Crippen molar-refractivity contribution >= 4 is 44.5 Å². The summed E-state index contributed by atoms with van der Waals surface area (Å²) in [6.07, 6.45) is 8.13. The van der Waals surface area contributed by atoms with E-state index in [1.54, 1.807) is 6.20 Å². The minimum absolute atomic E-state index is 0.0643. The first-order chi connectivity index (χ1) is 24.0. The Labute approximate surface area is 290 Å². The van der Waals surface area contributed by atoms with E-state index < -0.39 is 56.7 Å². The predicted molar refractivity (Wildman–Crippen MR) is 183 cm³/mol. The SMILES string of the molecule is C=C[C@@H]1C[C@]1(NC(=O)[C@@H]1CC2CN1C(=O)[C@H](C(C)C)Nc1nnc(o1)CCCCCc1ccc3ccnc(c3c1)O2)C(=O)NS(=O)(=O)C1CC1. The third-order valence-electron chi connectivity index (χ3n) is 10.2. The maximum atomic E-state index is 14.4. The van der Waals surface area contributed by atoms with Crippen molar-refractivity contribution in [3.63, 3.8) is 0 Å². The average Bonchev–Trinajstić information content (AvgIpc) is 3.98. The maximum absolute atomic E-state index is 14.4. The molecule has 1 aromatic carbocycles. The van der Waals surface area contributed by atoms with Crippen molar-refractivity contribution in [2.45, 2.75) is 101 Å². The van der Waals surface area contributed by atoms with Crippen molar-refractivity contribution in [2.24, 2.45) is 11.8 Å². The summed E-state index contributed by atoms with van der Waals surface area (Å²) in [5.74, 6) is -1.62. The number of nitrogens with one attached hydrogen (secondary N) is 3. The van der Waals surface area contributed by atoms with Crippen LogP contribution >= 0.6 is 0 Å². The Bertz CT molecular complexity index is 1930. The van der Waals surface area contributed by atoms with Crippen LogP contribution in [0.3, 0.4) is 0 Å². The summed E-state index contributed by atoms with van der Waals surface area (Å²) in [4.78, 5) is 48.1. The Morgan fingerprint density at radius 3 is 2.68 bits per heavy atom. The molecular formula is C35H43N7O7S. The Kier molecular flexibility index (Phi) is 9.03. The molecule has 1 saturated heterocycles. The highest BCUT2D eigenvalue weighted by atomic mass is 32.2. The number of aromatic nitrogens is 3. The van der Waals surface area contributed by atoms with E-state index in [0.717, 1.165) is 42.0 Å². The Morgan fingerprint density at radius 1 is 1.14 bits per heavy atom. The lowest BCUT2D eigenvalue weighted by Crippen LogP contribution is -2.58. The molecule has 2 aliphatic carbocycles. The van der Waals surface area contributed by atoms with E-state index in [1.807, 2.05) is 26.0 Å². The van der Waals surface area contributed by atoms with Crippen LogP contribution in [0.5, 0.6) is 5.88 Å². The highest BCUT2D eigenvalue weighted by Gasteiger charge is 2.62. The van der Waals surface area contributed by atoms with Crippen LogP contribution < -0.4 is 20.1 Å². The number of hydrogen-bond acceptors (Lipinski definition) is 11. The fraction of sp³-hybridized carbons (Fsp3) is 0.543. The van der Waals surface area contributed by atoms with Gasteiger partial charge in [0.2, 0.25) is 33.6 Å². The van der Waals surface area contributed by atoms with Crippen molar-refractivity contribution in [2.75, 3.05) is 11.9 Å². The molecule has 50 heavy (non-hydrogen) atoms. The summed E-state index contributed by atoms with van der Waals surface area (Å²) in [6.45, 7) is 7.60. The molecular weight excluding hydrogens is 662 g/mol. The molecule has 15 heteroatoms. The molecule has 0 radical (unpaired) electrons. The quantitative estimate of drug-likeness (QED) is 0.307. The first-order valence-electron chi connectivity index (χ1n) is 17.4. The van der Waals surface area contributed by atoms with E-state index in [-0.39, 0.29) is 37.2 Å². The van der Waals surface area contributed by atoms with E-state index in [1.165, 1.54) is 11.0 Å². The lowest BCUT2D eigenvalue weighted by atomic mass is 10.0. The van der Waals surface area contributed by atoms with E-state index in [2.05, 4.69) is 49.2 Å². The standard InChI is InChI=1S/C35H43N7O7S/c1-4-23-18-35(23,33(45)41-50(46,47)25-12-13-25)38-30(43)27-17-24-19-42(27)32(44)29(20(2)3)37-34-40-39-28(49-34)9-7-5-6-8-21-10-11-22-14-15-36-31(48-24)26(22)16-21/h4,10-11,14-16,20,23-25,27,29H,1,5-9,12-13,17-19H2,2-3H3,(H,37,40)(H,38,43)(H,41,45)/t23-,24?,27+,29+,35-/m1/s1. The second-order valence-electron chi connectivity index (χ2n) is 14.3. The lowest BCUT2D eigenvalue weighted by Gasteiger charge is -2.30. The number of carbonyl (C=O) groups excluding carboxylic acids is 3. The zero-order valence-electron chi connectivity index (χ0n) is 28.3. The zero-order valence-corrected chi connectivity index (χ0v) is 29.1. The maximum Gasteiger partial charge on any atom is 0.316 e. The summed E-state index contributed by atoms with van der Waals surface area (Å²) in [6, 6.07) is 6.38. The van der Waals surface area contributed by atoms with Crippen LogP contribution in [0.15, 0.2) is 47.5 Å². The van der Waals surface area contributed by atoms with E-state index in [9.17, 15) is 22.8 Å². The Balaban J connectivity index is 1.21. The minimum Gasteiger partial charge on any atom is -0.472 e. The highest BCUT2D eigenvalue weighted by Crippen LogP contribution is 2.45. The summed E-state index contributed by atoms with van der Waals surface area (Å²) >= 11 is 0. The smallest absolute Gasteiger partial charge is 0.316 e. The number of rotatable bonds is 7. The van der Waals surface area contributed by atoms with Crippen molar-refractivity contribution in [1.82, 2.24) is 30.1 Å². The van der Waals surface area contributed by atoms with Crippen molar-refractivity contribution in [1.29, 1.82) is 0 Å². The van der Waals surface area contributed by atoms with Gasteiger partial charge >= 0.3 is 6.01 Å². The molecule has 3 fully saturated rings. The number of aryl methyl sites for hydroxylation is 2. The molecule has 5 atom stereocenters. The van der Waals surface area contributed by atoms with Crippen LogP contribution in [-0.2, 0) is 37.2 Å². The van der Waals surface area contributed by atoms with Crippen LogP contribution in [0.1, 0.15) is 70.2 Å². The van der Waals surface area contributed by atoms with Gasteiger partial charge in [0, 0.05) is 30.3 Å². The molecule has 2 aliphatic heterocycles. The minimum atomic E-state index is -3.86. The number of fused-ring (bicyclic) bond motifs is 5. The third-order valence-corrected chi connectivity index (χ3v) is 12.0. The predicted octanol–water partition coefficient (Wildman–Crippen LogP) is 3.04. The molecule has 4 aliphatic rings.